The Bertz CT molecular complexity index is 3980. The van der Waals surface area contributed by atoms with Gasteiger partial charge in [-0.3, -0.25) is 0 Å². The summed E-state index contributed by atoms with van der Waals surface area (Å²) in [6, 6.07) is 59.9. The number of hydrogen-bond acceptors (Lipinski definition) is 4. The van der Waals surface area contributed by atoms with Crippen LogP contribution in [0.4, 0.5) is 0 Å². The fourth-order valence-electron chi connectivity index (χ4n) is 12.3. The lowest BCUT2D eigenvalue weighted by atomic mass is 9.81. The summed E-state index contributed by atoms with van der Waals surface area (Å²) in [6.45, 7) is 14.0. The van der Waals surface area contributed by atoms with Gasteiger partial charge < -0.3 is 4.42 Å². The quantitative estimate of drug-likeness (QED) is 0.166. The van der Waals surface area contributed by atoms with E-state index < -0.39 is 0 Å². The van der Waals surface area contributed by atoms with E-state index in [0.29, 0.717) is 17.5 Å². The van der Waals surface area contributed by atoms with Crippen molar-refractivity contribution in [1.29, 1.82) is 0 Å². The van der Waals surface area contributed by atoms with Crippen LogP contribution in [-0.4, -0.2) is 15.0 Å². The third kappa shape index (κ3) is 4.86. The summed E-state index contributed by atoms with van der Waals surface area (Å²) >= 11 is 0. The van der Waals surface area contributed by atoms with E-state index in [4.69, 9.17) is 19.4 Å². The fraction of sp³-hybridized carbons (Fsp3) is 0.145. The van der Waals surface area contributed by atoms with Crippen LogP contribution < -0.4 is 0 Å². The van der Waals surface area contributed by atoms with Crippen molar-refractivity contribution < 1.29 is 4.42 Å². The second-order valence-electron chi connectivity index (χ2n) is 20.3. The van der Waals surface area contributed by atoms with Gasteiger partial charge in [0.1, 0.15) is 11.2 Å². The molecule has 0 aliphatic heterocycles. The molecule has 2 aromatic heterocycles. The first-order chi connectivity index (χ1) is 32.0. The molecule has 3 aliphatic rings. The number of nitrogens with zero attached hydrogens (tertiary/aromatic N) is 3. The first kappa shape index (κ1) is 37.7. The van der Waals surface area contributed by atoms with Crippen molar-refractivity contribution in [2.75, 3.05) is 0 Å². The van der Waals surface area contributed by atoms with Crippen LogP contribution in [0.15, 0.2) is 168 Å². The van der Waals surface area contributed by atoms with Gasteiger partial charge in [0, 0.05) is 49.3 Å². The molecule has 9 aromatic carbocycles. The molecule has 0 saturated carbocycles. The molecule has 0 fully saturated rings. The molecule has 314 valence electrons. The topological polar surface area (TPSA) is 51.8 Å². The molecule has 0 N–H and O–H groups in total. The van der Waals surface area contributed by atoms with Gasteiger partial charge in [-0.1, -0.05) is 181 Å². The van der Waals surface area contributed by atoms with Crippen LogP contribution in [0.3, 0.4) is 0 Å². The average Bonchev–Trinajstić information content (AvgIpc) is 3.99. The van der Waals surface area contributed by atoms with E-state index in [0.717, 1.165) is 44.2 Å². The van der Waals surface area contributed by atoms with Crippen LogP contribution in [0.1, 0.15) is 74.9 Å². The molecule has 0 spiro atoms. The Kier molecular flexibility index (Phi) is 7.28. The molecule has 0 unspecified atom stereocenters. The Balaban J connectivity index is 1.04. The largest absolute Gasteiger partial charge is 0.455 e. The van der Waals surface area contributed by atoms with Gasteiger partial charge in [0.05, 0.1) is 0 Å². The zero-order valence-electron chi connectivity index (χ0n) is 37.8. The van der Waals surface area contributed by atoms with Gasteiger partial charge >= 0.3 is 0 Å². The number of para-hydroxylation sites is 1. The first-order valence-electron chi connectivity index (χ1n) is 23.2. The molecule has 14 rings (SSSR count). The second-order valence-corrected chi connectivity index (χ2v) is 20.3. The second kappa shape index (κ2) is 12.8. The van der Waals surface area contributed by atoms with E-state index in [9.17, 15) is 0 Å². The minimum atomic E-state index is -0.275. The summed E-state index contributed by atoms with van der Waals surface area (Å²) in [4.78, 5) is 16.5. The molecule has 0 bridgehead atoms. The summed E-state index contributed by atoms with van der Waals surface area (Å²) in [5.41, 5.74) is 19.5. The number of benzene rings is 9. The molecular weight excluding hydrogens is 803 g/mol. The molecule has 0 amide bonds. The fourth-order valence-corrected chi connectivity index (χ4v) is 12.3. The van der Waals surface area contributed by atoms with Crippen molar-refractivity contribution in [2.24, 2.45) is 0 Å². The highest BCUT2D eigenvalue weighted by atomic mass is 16.3. The van der Waals surface area contributed by atoms with Crippen molar-refractivity contribution in [3.05, 3.63) is 197 Å². The molecule has 11 aromatic rings. The summed E-state index contributed by atoms with van der Waals surface area (Å²) in [5, 5.41) is 6.91. The predicted octanol–water partition coefficient (Wildman–Crippen LogP) is 16.0. The highest BCUT2D eigenvalue weighted by molar-refractivity contribution is 6.18. The Hall–Kier alpha value is -7.69. The minimum Gasteiger partial charge on any atom is -0.455 e. The van der Waals surface area contributed by atoms with Crippen LogP contribution in [0.5, 0.6) is 0 Å². The number of rotatable bonds is 3. The van der Waals surface area contributed by atoms with Crippen LogP contribution >= 0.6 is 0 Å². The molecule has 4 heteroatoms. The standard InChI is InChI=1S/C62H45N3O/c1-60(2)47-20-12-8-16-41(47)53-40-28-25-34-23-24-35(31-44(34)37(40)29-30-49(53)60)57-63-58(36-26-27-39-38-15-7-11-19-46(38)61(3,4)50(39)32-36)65-59(64-57)45-33-51-55(42-17-9-13-21-48(42)62(51,5)6)56-54(45)43-18-10-14-22-52(43)66-56/h7-33H,1-6H3. The number of hydrogen-bond donors (Lipinski definition) is 0. The van der Waals surface area contributed by atoms with E-state index in [1.54, 1.807) is 0 Å². The van der Waals surface area contributed by atoms with Crippen molar-refractivity contribution in [3.63, 3.8) is 0 Å². The van der Waals surface area contributed by atoms with E-state index >= 15 is 0 Å². The summed E-state index contributed by atoms with van der Waals surface area (Å²) in [5.74, 6) is 1.90. The van der Waals surface area contributed by atoms with Crippen LogP contribution in [0, 0.1) is 0 Å². The smallest absolute Gasteiger partial charge is 0.164 e. The average molecular weight is 848 g/mol. The predicted molar refractivity (Wildman–Crippen MR) is 271 cm³/mol. The van der Waals surface area contributed by atoms with Gasteiger partial charge in [-0.2, -0.15) is 0 Å². The highest BCUT2D eigenvalue weighted by Crippen LogP contribution is 2.56. The Labute approximate surface area is 383 Å². The first-order valence-corrected chi connectivity index (χ1v) is 23.2. The summed E-state index contributed by atoms with van der Waals surface area (Å²) in [7, 11) is 0. The lowest BCUT2D eigenvalue weighted by molar-refractivity contribution is 0.653. The molecule has 0 saturated heterocycles. The molecule has 3 aliphatic carbocycles. The Morgan fingerprint density at radius 1 is 0.348 bits per heavy atom. The van der Waals surface area contributed by atoms with Crippen molar-refractivity contribution in [1.82, 2.24) is 15.0 Å². The van der Waals surface area contributed by atoms with E-state index in [2.05, 4.69) is 199 Å². The van der Waals surface area contributed by atoms with Crippen molar-refractivity contribution in [3.8, 4) is 67.5 Å². The number of aromatic nitrogens is 3. The molecule has 2 heterocycles. The lowest BCUT2D eigenvalue weighted by Crippen LogP contribution is -2.15. The van der Waals surface area contributed by atoms with Crippen LogP contribution in [0.2, 0.25) is 0 Å². The third-order valence-electron chi connectivity index (χ3n) is 15.7. The maximum absolute atomic E-state index is 6.93. The van der Waals surface area contributed by atoms with Gasteiger partial charge in [-0.15, -0.1) is 0 Å². The maximum atomic E-state index is 6.93. The SMILES string of the molecule is CC1(C)c2ccccc2-c2ccc(-c3nc(-c4ccc5ccc6c7c(ccc6c5c4)C(C)(C)c4ccccc4-7)nc(-c4cc5c(c6oc7ccccc7c46)-c4ccccc4C5(C)C)n3)cc21. The monoisotopic (exact) mass is 847 g/mol. The zero-order valence-corrected chi connectivity index (χ0v) is 37.8. The van der Waals surface area contributed by atoms with E-state index in [-0.39, 0.29) is 16.2 Å². The van der Waals surface area contributed by atoms with Crippen LogP contribution in [0.25, 0.3) is 111 Å². The normalized spacial score (nSPS) is 15.5. The third-order valence-corrected chi connectivity index (χ3v) is 15.7. The Morgan fingerprint density at radius 3 is 1.65 bits per heavy atom. The zero-order chi connectivity index (χ0) is 44.4. The van der Waals surface area contributed by atoms with Gasteiger partial charge in [-0.05, 0) is 107 Å². The van der Waals surface area contributed by atoms with E-state index in [1.807, 2.05) is 6.07 Å². The van der Waals surface area contributed by atoms with Gasteiger partial charge in [-0.25, -0.2) is 15.0 Å². The molecule has 66 heavy (non-hydrogen) atoms. The number of furan rings is 1. The molecule has 0 atom stereocenters. The summed E-state index contributed by atoms with van der Waals surface area (Å²) < 4.78 is 6.93. The van der Waals surface area contributed by atoms with Gasteiger partial charge in [0.25, 0.3) is 0 Å². The maximum Gasteiger partial charge on any atom is 0.164 e. The molecule has 4 nitrogen and oxygen atoms in total. The lowest BCUT2D eigenvalue weighted by Gasteiger charge is -2.22. The molecule has 0 radical (unpaired) electrons. The van der Waals surface area contributed by atoms with E-state index in [1.165, 1.54) is 82.7 Å². The van der Waals surface area contributed by atoms with Crippen molar-refractivity contribution in [2.45, 2.75) is 57.8 Å². The van der Waals surface area contributed by atoms with Gasteiger partial charge in [0.15, 0.2) is 17.5 Å². The minimum absolute atomic E-state index is 0.0779. The van der Waals surface area contributed by atoms with Crippen molar-refractivity contribution >= 4 is 43.5 Å². The van der Waals surface area contributed by atoms with Crippen LogP contribution in [-0.2, 0) is 16.2 Å². The number of fused-ring (bicyclic) bond motifs is 17. The summed E-state index contributed by atoms with van der Waals surface area (Å²) in [6.07, 6.45) is 0. The highest BCUT2D eigenvalue weighted by Gasteiger charge is 2.40. The Morgan fingerprint density at radius 2 is 0.894 bits per heavy atom. The molecular formula is C62H45N3O. The van der Waals surface area contributed by atoms with Gasteiger partial charge in [0.2, 0.25) is 0 Å².